The van der Waals surface area contributed by atoms with Crippen LogP contribution in [0.5, 0.6) is 0 Å². The van der Waals surface area contributed by atoms with Crippen molar-refractivity contribution < 1.29 is 14.7 Å². The zero-order valence-electron chi connectivity index (χ0n) is 22.0. The summed E-state index contributed by atoms with van der Waals surface area (Å²) < 4.78 is 2.29. The Morgan fingerprint density at radius 1 is 0.947 bits per heavy atom. The molecule has 0 atom stereocenters. The van der Waals surface area contributed by atoms with E-state index in [1.54, 1.807) is 12.1 Å². The van der Waals surface area contributed by atoms with E-state index in [2.05, 4.69) is 23.6 Å². The van der Waals surface area contributed by atoms with Crippen LogP contribution >= 0.6 is 0 Å². The highest BCUT2D eigenvalue weighted by Gasteiger charge is 2.23. The van der Waals surface area contributed by atoms with E-state index >= 15 is 0 Å². The Hall–Kier alpha value is -3.93. The van der Waals surface area contributed by atoms with E-state index in [9.17, 15) is 14.7 Å². The number of carboxylic acid groups (broad SMARTS) is 1. The molecular weight excluding hydrogens is 474 g/mol. The smallest absolute Gasteiger partial charge is 0.335 e. The first-order chi connectivity index (χ1) is 18.5. The number of fused-ring (bicyclic) bond motifs is 1. The van der Waals surface area contributed by atoms with E-state index in [4.69, 9.17) is 4.98 Å². The predicted molar refractivity (Wildman–Crippen MR) is 150 cm³/mol. The summed E-state index contributed by atoms with van der Waals surface area (Å²) in [6.45, 7) is 3.44. The number of imidazole rings is 1. The minimum atomic E-state index is -0.952. The van der Waals surface area contributed by atoms with E-state index in [1.165, 1.54) is 19.3 Å². The van der Waals surface area contributed by atoms with Crippen LogP contribution in [0.1, 0.15) is 84.2 Å². The zero-order valence-corrected chi connectivity index (χ0v) is 22.0. The lowest BCUT2D eigenvalue weighted by molar-refractivity contribution is 0.0695. The molecular formula is C32H35N3O3. The van der Waals surface area contributed by atoms with Crippen molar-refractivity contribution in [2.24, 2.45) is 0 Å². The second-order valence-electron chi connectivity index (χ2n) is 10.2. The summed E-state index contributed by atoms with van der Waals surface area (Å²) in [6.07, 6.45) is 7.76. The molecule has 0 bridgehead atoms. The number of carbonyl (C=O) groups excluding carboxylic acids is 1. The maximum Gasteiger partial charge on any atom is 0.335 e. The van der Waals surface area contributed by atoms with Gasteiger partial charge in [-0.15, -0.1) is 0 Å². The number of rotatable bonds is 9. The molecule has 1 N–H and O–H groups in total. The highest BCUT2D eigenvalue weighted by atomic mass is 16.4. The second kappa shape index (κ2) is 11.6. The van der Waals surface area contributed by atoms with Crippen LogP contribution in [-0.4, -0.2) is 38.0 Å². The van der Waals surface area contributed by atoms with Gasteiger partial charge in [0.15, 0.2) is 0 Å². The van der Waals surface area contributed by atoms with Crippen molar-refractivity contribution >= 4 is 22.9 Å². The molecule has 5 rings (SSSR count). The molecule has 0 radical (unpaired) electrons. The fourth-order valence-electron chi connectivity index (χ4n) is 5.49. The van der Waals surface area contributed by atoms with Gasteiger partial charge in [0.25, 0.3) is 5.91 Å². The van der Waals surface area contributed by atoms with Gasteiger partial charge in [-0.3, -0.25) is 4.79 Å². The maximum absolute atomic E-state index is 13.5. The zero-order chi connectivity index (χ0) is 26.5. The fraction of sp³-hybridized carbons (Fsp3) is 0.344. The summed E-state index contributed by atoms with van der Waals surface area (Å²) in [4.78, 5) is 31.9. The van der Waals surface area contributed by atoms with E-state index in [0.29, 0.717) is 23.7 Å². The third kappa shape index (κ3) is 5.49. The van der Waals surface area contributed by atoms with Crippen LogP contribution < -0.4 is 0 Å². The molecule has 0 unspecified atom stereocenters. The minimum Gasteiger partial charge on any atom is -0.478 e. The molecule has 1 aliphatic rings. The number of amides is 1. The number of aromatic nitrogens is 2. The summed E-state index contributed by atoms with van der Waals surface area (Å²) in [5, 5.41) is 9.49. The van der Waals surface area contributed by atoms with Gasteiger partial charge in [0.1, 0.15) is 5.82 Å². The van der Waals surface area contributed by atoms with E-state index < -0.39 is 5.97 Å². The molecule has 3 aromatic carbocycles. The second-order valence-corrected chi connectivity index (χ2v) is 10.2. The Morgan fingerprint density at radius 2 is 1.66 bits per heavy atom. The van der Waals surface area contributed by atoms with Gasteiger partial charge in [0, 0.05) is 30.3 Å². The van der Waals surface area contributed by atoms with Gasteiger partial charge in [-0.2, -0.15) is 0 Å². The first kappa shape index (κ1) is 25.7. The SMILES string of the molecule is CCCCN(Cc1ccccc1)C(=O)c1ccc(-c2nc3cc(C(=O)O)ccc3n2C2CCCCC2)cc1. The molecule has 0 spiro atoms. The van der Waals surface area contributed by atoms with Crippen molar-refractivity contribution in [3.8, 4) is 11.4 Å². The third-order valence-electron chi connectivity index (χ3n) is 7.55. The Bertz CT molecular complexity index is 1400. The van der Waals surface area contributed by atoms with Gasteiger partial charge >= 0.3 is 5.97 Å². The van der Waals surface area contributed by atoms with Gasteiger partial charge in [0.2, 0.25) is 0 Å². The van der Waals surface area contributed by atoms with E-state index in [-0.39, 0.29) is 11.5 Å². The Balaban J connectivity index is 1.47. The minimum absolute atomic E-state index is 0.0285. The molecule has 6 nitrogen and oxygen atoms in total. The normalized spacial score (nSPS) is 14.0. The van der Waals surface area contributed by atoms with Crippen LogP contribution in [0.2, 0.25) is 0 Å². The number of unbranched alkanes of at least 4 members (excludes halogenated alkanes) is 1. The standard InChI is InChI=1S/C32H35N3O3/c1-2-3-20-34(22-23-10-6-4-7-11-23)31(36)25-16-14-24(15-17-25)30-33-28-21-26(32(37)38)18-19-29(28)35(30)27-12-8-5-9-13-27/h4,6-7,10-11,14-19,21,27H,2-3,5,8-9,12-13,20,22H2,1H3,(H,37,38). The van der Waals surface area contributed by atoms with Crippen molar-refractivity contribution in [3.05, 3.63) is 89.5 Å². The van der Waals surface area contributed by atoms with Crippen LogP contribution in [0.3, 0.4) is 0 Å². The Kier molecular flexibility index (Phi) is 7.87. The van der Waals surface area contributed by atoms with Crippen molar-refractivity contribution in [1.82, 2.24) is 14.5 Å². The molecule has 4 aromatic rings. The average Bonchev–Trinajstić information content (AvgIpc) is 3.35. The van der Waals surface area contributed by atoms with Gasteiger partial charge < -0.3 is 14.6 Å². The molecule has 38 heavy (non-hydrogen) atoms. The van der Waals surface area contributed by atoms with Crippen molar-refractivity contribution in [1.29, 1.82) is 0 Å². The number of carboxylic acids is 1. The summed E-state index contributed by atoms with van der Waals surface area (Å²) >= 11 is 0. The number of aromatic carboxylic acids is 1. The Labute approximate surface area is 223 Å². The topological polar surface area (TPSA) is 75.4 Å². The van der Waals surface area contributed by atoms with E-state index in [0.717, 1.165) is 54.7 Å². The van der Waals surface area contributed by atoms with Crippen molar-refractivity contribution in [2.75, 3.05) is 6.54 Å². The lowest BCUT2D eigenvalue weighted by atomic mass is 9.94. The molecule has 196 valence electrons. The lowest BCUT2D eigenvalue weighted by Crippen LogP contribution is -2.31. The quantitative estimate of drug-likeness (QED) is 0.256. The number of carbonyl (C=O) groups is 2. The molecule has 1 aliphatic carbocycles. The summed E-state index contributed by atoms with van der Waals surface area (Å²) in [7, 11) is 0. The highest BCUT2D eigenvalue weighted by molar-refractivity contribution is 5.95. The highest BCUT2D eigenvalue weighted by Crippen LogP contribution is 2.36. The van der Waals surface area contributed by atoms with Gasteiger partial charge in [-0.1, -0.05) is 75.1 Å². The summed E-state index contributed by atoms with van der Waals surface area (Å²) in [5.41, 5.74) is 4.61. The molecule has 1 amide bonds. The molecule has 1 saturated carbocycles. The Morgan fingerprint density at radius 3 is 2.34 bits per heavy atom. The van der Waals surface area contributed by atoms with Crippen LogP contribution in [0.4, 0.5) is 0 Å². The number of nitrogens with zero attached hydrogens (tertiary/aromatic N) is 3. The first-order valence-electron chi connectivity index (χ1n) is 13.7. The maximum atomic E-state index is 13.5. The third-order valence-corrected chi connectivity index (χ3v) is 7.55. The van der Waals surface area contributed by atoms with Crippen LogP contribution in [-0.2, 0) is 6.54 Å². The number of hydrogen-bond donors (Lipinski definition) is 1. The fourth-order valence-corrected chi connectivity index (χ4v) is 5.49. The number of hydrogen-bond acceptors (Lipinski definition) is 3. The van der Waals surface area contributed by atoms with Crippen LogP contribution in [0.25, 0.3) is 22.4 Å². The monoisotopic (exact) mass is 509 g/mol. The van der Waals surface area contributed by atoms with Gasteiger partial charge in [-0.05, 0) is 55.2 Å². The molecule has 1 aromatic heterocycles. The van der Waals surface area contributed by atoms with Crippen molar-refractivity contribution in [3.63, 3.8) is 0 Å². The molecule has 0 saturated heterocycles. The largest absolute Gasteiger partial charge is 0.478 e. The van der Waals surface area contributed by atoms with Gasteiger partial charge in [0.05, 0.1) is 16.6 Å². The lowest BCUT2D eigenvalue weighted by Gasteiger charge is -2.26. The predicted octanol–water partition coefficient (Wildman–Crippen LogP) is 7.35. The molecule has 6 heteroatoms. The average molecular weight is 510 g/mol. The molecule has 1 heterocycles. The molecule has 1 fully saturated rings. The van der Waals surface area contributed by atoms with Crippen LogP contribution in [0.15, 0.2) is 72.8 Å². The number of benzene rings is 3. The summed E-state index contributed by atoms with van der Waals surface area (Å²) in [5.74, 6) is -0.0899. The molecule has 0 aliphatic heterocycles. The van der Waals surface area contributed by atoms with Crippen LogP contribution in [0, 0.1) is 0 Å². The van der Waals surface area contributed by atoms with Gasteiger partial charge in [-0.25, -0.2) is 9.78 Å². The van der Waals surface area contributed by atoms with E-state index in [1.807, 2.05) is 53.4 Å². The summed E-state index contributed by atoms with van der Waals surface area (Å²) in [6, 6.07) is 23.4. The van der Waals surface area contributed by atoms with Crippen molar-refractivity contribution in [2.45, 2.75) is 64.5 Å². The first-order valence-corrected chi connectivity index (χ1v) is 13.7.